The summed E-state index contributed by atoms with van der Waals surface area (Å²) >= 11 is 3.41. The topological polar surface area (TPSA) is 34.9 Å². The molecule has 0 aliphatic rings. The highest BCUT2D eigenvalue weighted by Gasteiger charge is 2.11. The highest BCUT2D eigenvalue weighted by molar-refractivity contribution is 9.10. The van der Waals surface area contributed by atoms with Crippen LogP contribution in [0.4, 0.5) is 0 Å². The maximum absolute atomic E-state index is 11.3. The van der Waals surface area contributed by atoms with Crippen molar-refractivity contribution in [1.82, 2.24) is 9.78 Å². The first kappa shape index (κ1) is 13.8. The first-order valence-electron chi connectivity index (χ1n) is 6.55. The van der Waals surface area contributed by atoms with E-state index >= 15 is 0 Å². The summed E-state index contributed by atoms with van der Waals surface area (Å²) in [5.41, 5.74) is 4.32. The third kappa shape index (κ3) is 2.81. The number of hydrogen-bond donors (Lipinski definition) is 0. The Morgan fingerprint density at radius 2 is 1.71 bits per heavy atom. The summed E-state index contributed by atoms with van der Waals surface area (Å²) in [6.45, 7) is 2.04. The van der Waals surface area contributed by atoms with Gasteiger partial charge in [-0.05, 0) is 31.2 Å². The largest absolute Gasteiger partial charge is 0.298 e. The van der Waals surface area contributed by atoms with Crippen LogP contribution < -0.4 is 0 Å². The fourth-order valence-corrected chi connectivity index (χ4v) is 2.40. The van der Waals surface area contributed by atoms with Gasteiger partial charge in [-0.1, -0.05) is 45.8 Å². The quantitative estimate of drug-likeness (QED) is 0.661. The van der Waals surface area contributed by atoms with Gasteiger partial charge in [0.05, 0.1) is 11.3 Å². The maximum Gasteiger partial charge on any atom is 0.153 e. The molecule has 1 heterocycles. The Kier molecular flexibility index (Phi) is 3.71. The average molecular weight is 341 g/mol. The SMILES string of the molecule is Cc1ccc(-n2cc(C=O)c(-c3ccc(Br)cc3)n2)cc1. The van der Waals surface area contributed by atoms with Crippen molar-refractivity contribution in [2.75, 3.05) is 0 Å². The van der Waals surface area contributed by atoms with Crippen LogP contribution in [0.1, 0.15) is 15.9 Å². The first-order chi connectivity index (χ1) is 10.2. The molecule has 0 amide bonds. The minimum atomic E-state index is 0.581. The summed E-state index contributed by atoms with van der Waals surface area (Å²) in [4.78, 5) is 11.3. The van der Waals surface area contributed by atoms with E-state index < -0.39 is 0 Å². The highest BCUT2D eigenvalue weighted by Crippen LogP contribution is 2.24. The van der Waals surface area contributed by atoms with E-state index in [2.05, 4.69) is 21.0 Å². The van der Waals surface area contributed by atoms with Gasteiger partial charge in [-0.15, -0.1) is 0 Å². The molecule has 0 aliphatic carbocycles. The minimum Gasteiger partial charge on any atom is -0.298 e. The van der Waals surface area contributed by atoms with E-state index in [0.29, 0.717) is 11.3 Å². The highest BCUT2D eigenvalue weighted by atomic mass is 79.9. The van der Waals surface area contributed by atoms with Gasteiger partial charge >= 0.3 is 0 Å². The van der Waals surface area contributed by atoms with E-state index in [1.807, 2.05) is 55.5 Å². The third-order valence-electron chi connectivity index (χ3n) is 3.29. The van der Waals surface area contributed by atoms with Crippen LogP contribution in [-0.2, 0) is 0 Å². The van der Waals surface area contributed by atoms with Crippen LogP contribution in [0.25, 0.3) is 16.9 Å². The lowest BCUT2D eigenvalue weighted by atomic mass is 10.1. The summed E-state index contributed by atoms with van der Waals surface area (Å²) in [6.07, 6.45) is 2.60. The predicted molar refractivity (Wildman–Crippen MR) is 86.8 cm³/mol. The second-order valence-electron chi connectivity index (χ2n) is 4.84. The second-order valence-corrected chi connectivity index (χ2v) is 5.75. The van der Waals surface area contributed by atoms with E-state index in [4.69, 9.17) is 0 Å². The third-order valence-corrected chi connectivity index (χ3v) is 3.81. The van der Waals surface area contributed by atoms with Crippen LogP contribution >= 0.6 is 15.9 Å². The Hall–Kier alpha value is -2.20. The number of aldehydes is 1. The monoisotopic (exact) mass is 340 g/mol. The molecule has 3 rings (SSSR count). The van der Waals surface area contributed by atoms with Gasteiger partial charge in [0, 0.05) is 16.2 Å². The number of rotatable bonds is 3. The van der Waals surface area contributed by atoms with Crippen molar-refractivity contribution in [3.63, 3.8) is 0 Å². The van der Waals surface area contributed by atoms with Gasteiger partial charge in [0.25, 0.3) is 0 Å². The summed E-state index contributed by atoms with van der Waals surface area (Å²) in [5.74, 6) is 0. The molecular formula is C17H13BrN2O. The molecule has 0 atom stereocenters. The molecule has 0 radical (unpaired) electrons. The molecule has 0 aliphatic heterocycles. The Labute approximate surface area is 131 Å². The van der Waals surface area contributed by atoms with Gasteiger partial charge < -0.3 is 0 Å². The molecule has 0 bridgehead atoms. The molecule has 0 saturated heterocycles. The molecule has 3 nitrogen and oxygen atoms in total. The minimum absolute atomic E-state index is 0.581. The zero-order valence-corrected chi connectivity index (χ0v) is 13.0. The van der Waals surface area contributed by atoms with Crippen molar-refractivity contribution in [2.24, 2.45) is 0 Å². The van der Waals surface area contributed by atoms with Crippen molar-refractivity contribution in [3.8, 4) is 16.9 Å². The summed E-state index contributed by atoms with van der Waals surface area (Å²) < 4.78 is 2.73. The fourth-order valence-electron chi connectivity index (χ4n) is 2.14. The van der Waals surface area contributed by atoms with Crippen molar-refractivity contribution < 1.29 is 4.79 Å². The summed E-state index contributed by atoms with van der Waals surface area (Å²) in [6, 6.07) is 15.8. The molecule has 1 aromatic heterocycles. The first-order valence-corrected chi connectivity index (χ1v) is 7.34. The average Bonchev–Trinajstić information content (AvgIpc) is 2.93. The molecule has 104 valence electrons. The molecular weight excluding hydrogens is 328 g/mol. The number of aromatic nitrogens is 2. The normalized spacial score (nSPS) is 10.6. The number of benzene rings is 2. The van der Waals surface area contributed by atoms with Crippen molar-refractivity contribution in [3.05, 3.63) is 70.3 Å². The van der Waals surface area contributed by atoms with E-state index in [1.165, 1.54) is 5.56 Å². The van der Waals surface area contributed by atoms with Crippen molar-refractivity contribution >= 4 is 22.2 Å². The smallest absolute Gasteiger partial charge is 0.153 e. The number of carbonyl (C=O) groups is 1. The van der Waals surface area contributed by atoms with E-state index in [1.54, 1.807) is 10.9 Å². The Bertz CT molecular complexity index is 774. The van der Waals surface area contributed by atoms with Gasteiger partial charge in [-0.25, -0.2) is 4.68 Å². The lowest BCUT2D eigenvalue weighted by molar-refractivity contribution is 0.112. The van der Waals surface area contributed by atoms with Crippen LogP contribution in [0.5, 0.6) is 0 Å². The molecule has 4 heteroatoms. The van der Waals surface area contributed by atoms with Crippen LogP contribution in [-0.4, -0.2) is 16.1 Å². The lowest BCUT2D eigenvalue weighted by Crippen LogP contribution is -1.94. The van der Waals surface area contributed by atoms with E-state index in [0.717, 1.165) is 22.0 Å². The van der Waals surface area contributed by atoms with Gasteiger partial charge in [0.15, 0.2) is 6.29 Å². The fraction of sp³-hybridized carbons (Fsp3) is 0.0588. The van der Waals surface area contributed by atoms with Crippen molar-refractivity contribution in [2.45, 2.75) is 6.92 Å². The molecule has 0 N–H and O–H groups in total. The maximum atomic E-state index is 11.3. The van der Waals surface area contributed by atoms with E-state index in [9.17, 15) is 4.79 Å². The van der Waals surface area contributed by atoms with E-state index in [-0.39, 0.29) is 0 Å². The lowest BCUT2D eigenvalue weighted by Gasteiger charge is -2.01. The standard InChI is InChI=1S/C17H13BrN2O/c1-12-2-8-16(9-3-12)20-10-14(11-21)17(19-20)13-4-6-15(18)7-5-13/h2-11H,1H3. The van der Waals surface area contributed by atoms with Crippen LogP contribution in [0.15, 0.2) is 59.2 Å². The zero-order valence-electron chi connectivity index (χ0n) is 11.5. The molecule has 0 spiro atoms. The van der Waals surface area contributed by atoms with Gasteiger partial charge in [0.1, 0.15) is 5.69 Å². The molecule has 21 heavy (non-hydrogen) atoms. The summed E-state index contributed by atoms with van der Waals surface area (Å²) in [7, 11) is 0. The predicted octanol–water partition coefficient (Wildman–Crippen LogP) is 4.42. The zero-order chi connectivity index (χ0) is 14.8. The second kappa shape index (κ2) is 5.66. The van der Waals surface area contributed by atoms with Crippen LogP contribution in [0.2, 0.25) is 0 Å². The van der Waals surface area contributed by atoms with Gasteiger partial charge in [0.2, 0.25) is 0 Å². The Balaban J connectivity index is 2.08. The molecule has 0 saturated carbocycles. The Morgan fingerprint density at radius 3 is 2.33 bits per heavy atom. The Morgan fingerprint density at radius 1 is 1.05 bits per heavy atom. The van der Waals surface area contributed by atoms with Gasteiger partial charge in [-0.3, -0.25) is 4.79 Å². The molecule has 0 unspecified atom stereocenters. The number of halogens is 1. The van der Waals surface area contributed by atoms with Crippen LogP contribution in [0.3, 0.4) is 0 Å². The number of hydrogen-bond acceptors (Lipinski definition) is 2. The summed E-state index contributed by atoms with van der Waals surface area (Å²) in [5, 5.41) is 4.55. The number of aryl methyl sites for hydroxylation is 1. The number of carbonyl (C=O) groups excluding carboxylic acids is 1. The van der Waals surface area contributed by atoms with Gasteiger partial charge in [-0.2, -0.15) is 5.10 Å². The number of nitrogens with zero attached hydrogens (tertiary/aromatic N) is 2. The van der Waals surface area contributed by atoms with Crippen molar-refractivity contribution in [1.29, 1.82) is 0 Å². The molecule has 2 aromatic carbocycles. The van der Waals surface area contributed by atoms with Crippen LogP contribution in [0, 0.1) is 6.92 Å². The molecule has 3 aromatic rings. The molecule has 0 fully saturated rings.